The molecule has 0 spiro atoms. The van der Waals surface area contributed by atoms with Gasteiger partial charge >= 0.3 is 0 Å². The summed E-state index contributed by atoms with van der Waals surface area (Å²) >= 11 is 0. The van der Waals surface area contributed by atoms with Crippen molar-refractivity contribution in [3.05, 3.63) is 0 Å². The molecule has 0 aliphatic carbocycles. The Balaban J connectivity index is 0.935. The number of amides is 2. The van der Waals surface area contributed by atoms with Gasteiger partial charge in [-0.25, -0.2) is 0 Å². The second-order valence-electron chi connectivity index (χ2n) is 35.2. The van der Waals surface area contributed by atoms with Crippen molar-refractivity contribution in [3.8, 4) is 0 Å². The minimum atomic E-state index is -2.80. The lowest BCUT2D eigenvalue weighted by molar-refractivity contribution is -0.410. The van der Waals surface area contributed by atoms with Gasteiger partial charge in [0, 0.05) is 13.8 Å². The fraction of sp³-hybridized carbons (Fsp3) is 0.974. The van der Waals surface area contributed by atoms with E-state index < -0.39 is 459 Å². The molecule has 63 nitrogen and oxygen atoms in total. The highest BCUT2D eigenvalue weighted by atomic mass is 16.8. The summed E-state index contributed by atoms with van der Waals surface area (Å²) in [5.41, 5.74) is 0. The first kappa shape index (κ1) is 114. The van der Waals surface area contributed by atoms with Crippen LogP contribution in [0, 0.1) is 0 Å². The third-order valence-electron chi connectivity index (χ3n) is 25.9. The Morgan fingerprint density at radius 1 is 0.187 bits per heavy atom. The largest absolute Gasteiger partial charge is 0.394 e. The number of carbonyl (C=O) groups is 2. The van der Waals surface area contributed by atoms with Crippen LogP contribution in [0.3, 0.4) is 0 Å². The first-order valence-corrected chi connectivity index (χ1v) is 44.2. The van der Waals surface area contributed by atoms with E-state index in [1.54, 1.807) is 0 Å². The van der Waals surface area contributed by atoms with E-state index in [-0.39, 0.29) is 0 Å². The van der Waals surface area contributed by atoms with E-state index in [1.165, 1.54) is 0 Å². The summed E-state index contributed by atoms with van der Waals surface area (Å²) in [6.07, 6.45) is -131. The van der Waals surface area contributed by atoms with E-state index >= 15 is 0 Å². The maximum Gasteiger partial charge on any atom is 0.217 e. The van der Waals surface area contributed by atoms with Crippen molar-refractivity contribution in [3.63, 3.8) is 0 Å². The molecule has 12 aliphatic rings. The summed E-state index contributed by atoms with van der Waals surface area (Å²) < 4.78 is 136. The average Bonchev–Trinajstić information content (AvgIpc) is 0.774. The SMILES string of the molecule is CC(=O)N[C@@H]1[C@@H](O)[C@H](O[C@@H]2O[C@H](CO)[C@@H](O[C@@H]3O[C@H](CO[C@H]4O[C@H](CO[C@H]5O[C@H](CO)[C@@H](O)[C@H](O)[C@@H]5O[C@H]5O[C@H](CO)[C@@H](O)[C@H](O)[C@@H]5O)[C@@H](O)[C@H](O[C@H]5O[C@H](CO)[C@@H](O)[C@H](O)[C@@H]5O[C@H]5O[C@H](CO)[C@@H](O)[C@H](O)[C@@H]5O)[C@@H]4O)[C@@H](O)[C@H](O[C@H]4O[C@H](CO[C@H]5O[C@H](CO)[C@@H](O)[C@H](O)[C@@H]5O)[C@@H](O)[C@H](O)[C@@H]4O[C@H]4O[C@H](CO)[C@@H](O)[C@H](O)[C@@H]4O[C@H]4O[C@H](CO)[C@@H](O)[C@H](O)[C@@H]4O)[C@@H]3O)[C@H](O)[C@H]2NC(C)=O)[C@@H](CO)O[C@H]1O. The fourth-order valence-electron chi connectivity index (χ4n) is 17.8. The lowest BCUT2D eigenvalue weighted by Gasteiger charge is -2.51. The summed E-state index contributed by atoms with van der Waals surface area (Å²) in [6, 6.07) is -3.80. The second kappa shape index (κ2) is 49.8. The Morgan fingerprint density at radius 3 is 0.755 bits per heavy atom. The van der Waals surface area contributed by atoms with Crippen molar-refractivity contribution in [2.45, 2.75) is 382 Å². The summed E-state index contributed by atoms with van der Waals surface area (Å²) in [6.45, 7) is -12.3. The molecule has 12 saturated heterocycles. The van der Waals surface area contributed by atoms with Crippen LogP contribution in [0.25, 0.3) is 0 Å². The molecule has 0 bridgehead atoms. The number of ether oxygens (including phenoxy) is 23. The summed E-state index contributed by atoms with van der Waals surface area (Å²) in [7, 11) is 0. The minimum Gasteiger partial charge on any atom is -0.394 e. The Hall–Kier alpha value is -3.42. The topological polar surface area (TPSA) is 999 Å². The first-order valence-electron chi connectivity index (χ1n) is 44.2. The van der Waals surface area contributed by atoms with Crippen LogP contribution >= 0.6 is 0 Å². The Morgan fingerprint density at radius 2 is 0.396 bits per heavy atom. The lowest BCUT2D eigenvalue weighted by Crippen LogP contribution is -2.70. The van der Waals surface area contributed by atoms with Crippen LogP contribution in [0.4, 0.5) is 0 Å². The molecule has 63 heteroatoms. The Kier molecular flexibility index (Phi) is 41.0. The number of hydrogen-bond acceptors (Lipinski definition) is 61. The highest BCUT2D eigenvalue weighted by molar-refractivity contribution is 5.73. The molecule has 0 aromatic carbocycles. The molecule has 12 heterocycles. The van der Waals surface area contributed by atoms with Gasteiger partial charge in [0.15, 0.2) is 75.5 Å². The number of nitrogens with one attached hydrogen (secondary N) is 2. The number of aliphatic hydroxyl groups excluding tert-OH is 36. The van der Waals surface area contributed by atoms with Crippen LogP contribution < -0.4 is 10.6 Å². The van der Waals surface area contributed by atoms with E-state index in [0.717, 1.165) is 13.8 Å². The highest BCUT2D eigenvalue weighted by Crippen LogP contribution is 2.42. The van der Waals surface area contributed by atoms with E-state index in [4.69, 9.17) is 109 Å². The lowest BCUT2D eigenvalue weighted by atomic mass is 9.94. The van der Waals surface area contributed by atoms with E-state index in [1.807, 2.05) is 0 Å². The van der Waals surface area contributed by atoms with Crippen LogP contribution in [0.1, 0.15) is 13.8 Å². The van der Waals surface area contributed by atoms with Crippen molar-refractivity contribution in [2.75, 3.05) is 79.3 Å². The van der Waals surface area contributed by atoms with Crippen LogP contribution in [0.15, 0.2) is 0 Å². The van der Waals surface area contributed by atoms with Crippen molar-refractivity contribution in [2.24, 2.45) is 0 Å². The molecule has 12 fully saturated rings. The predicted molar refractivity (Wildman–Crippen MR) is 418 cm³/mol. The molecule has 12 aliphatic heterocycles. The highest BCUT2D eigenvalue weighted by Gasteiger charge is 2.63. The predicted octanol–water partition coefficient (Wildman–Crippen LogP) is -26.9. The molecule has 0 aromatic heterocycles. The molecule has 2 amide bonds. The van der Waals surface area contributed by atoms with Gasteiger partial charge in [0.25, 0.3) is 0 Å². The van der Waals surface area contributed by atoms with Crippen molar-refractivity contribution in [1.29, 1.82) is 0 Å². The number of carbonyl (C=O) groups excluding carboxylic acids is 2. The molecule has 60 atom stereocenters. The summed E-state index contributed by atoms with van der Waals surface area (Å²) in [5, 5.41) is 408. The molecule has 0 radical (unpaired) electrons. The van der Waals surface area contributed by atoms with Gasteiger partial charge in [-0.1, -0.05) is 0 Å². The molecule has 38 N–H and O–H groups in total. The monoisotopic (exact) mass is 2040 g/mol. The quantitative estimate of drug-likeness (QED) is 0.0277. The maximum absolute atomic E-state index is 13.3. The molecule has 808 valence electrons. The van der Waals surface area contributed by atoms with Gasteiger partial charge in [-0.15, -0.1) is 0 Å². The maximum atomic E-state index is 13.3. The van der Waals surface area contributed by atoms with E-state index in [9.17, 15) is 193 Å². The Bertz CT molecular complexity index is 3730. The van der Waals surface area contributed by atoms with Gasteiger partial charge in [0.05, 0.1) is 79.3 Å². The van der Waals surface area contributed by atoms with Gasteiger partial charge in [0.1, 0.15) is 293 Å². The van der Waals surface area contributed by atoms with Crippen molar-refractivity contribution < 1.29 is 302 Å². The Labute approximate surface area is 784 Å². The van der Waals surface area contributed by atoms with Gasteiger partial charge < -0.3 is 303 Å². The first-order chi connectivity index (χ1) is 65.8. The van der Waals surface area contributed by atoms with Crippen LogP contribution in [0.5, 0.6) is 0 Å². The zero-order valence-corrected chi connectivity index (χ0v) is 73.4. The van der Waals surface area contributed by atoms with Gasteiger partial charge in [-0.3, -0.25) is 9.59 Å². The van der Waals surface area contributed by atoms with E-state index in [2.05, 4.69) is 10.6 Å². The second-order valence-corrected chi connectivity index (χ2v) is 35.2. The standard InChI is InChI=1S/C76H128N2O61/c1-15(88)77-29-41(100)57(24(10-86)120-65(29)116)132-66-30(78-16(2)89)42(101)58(25(11-87)128-66)133-72-56(115)60(135-76-64(50(109)38(97)26(131-76)12-117-67-51(110)43(102)31(90)17(3-79)121-67)139-75-63(49(108)37(96)23(9-85)127-75)138-71-54(113)46(105)34(93)20(6-82)124-71)40(99)28(130-72)13-118-68-55(114)59(134-74-62(48(107)36(95)22(8-84)126-74)137-70-53(112)45(104)33(92)19(5-81)123-70)39(98)27(129-68)14-119-73-61(47(106)35(94)21(7-83)125-73)136-69-52(111)44(103)32(91)18(4-80)122-69/h17-76,79-87,90-116H,3-14H2,1-2H3,(H,77,88)(H,78,89)/t17-,18-,19-,20-,21-,22-,23-,24-,25-,26-,27-,28-,29-,30-,31-,32-,33-,34-,35-,36-,37-,38-,39-,40-,41-,42-,43+,44+,45+,46+,47+,48+,49+,50+,51+,52+,53+,54+,55+,56+,57-,58-,59+,60+,61+,62+,63+,64+,65-,66+,67+,68+,69-,70-,71-,72+,73+,74-,75-,76-/m1/s1. The van der Waals surface area contributed by atoms with E-state index in [0.29, 0.717) is 0 Å². The number of rotatable bonds is 36. The molecule has 0 aromatic rings. The average molecular weight is 2050 g/mol. The zero-order valence-electron chi connectivity index (χ0n) is 73.4. The molecular formula is C76H128N2O61. The zero-order chi connectivity index (χ0) is 102. The molecule has 139 heavy (non-hydrogen) atoms. The third-order valence-corrected chi connectivity index (χ3v) is 25.9. The van der Waals surface area contributed by atoms with Crippen LogP contribution in [-0.2, 0) is 119 Å². The summed E-state index contributed by atoms with van der Waals surface area (Å²) in [5.74, 6) is -1.88. The number of aliphatic hydroxyl groups is 36. The third kappa shape index (κ3) is 24.7. The van der Waals surface area contributed by atoms with Gasteiger partial charge in [0.2, 0.25) is 11.8 Å². The smallest absolute Gasteiger partial charge is 0.217 e. The summed E-state index contributed by atoms with van der Waals surface area (Å²) in [4.78, 5) is 25.6. The molecule has 0 unspecified atom stereocenters. The molecule has 0 saturated carbocycles. The molecule has 12 rings (SSSR count). The van der Waals surface area contributed by atoms with Crippen LogP contribution in [0.2, 0.25) is 0 Å². The van der Waals surface area contributed by atoms with Crippen LogP contribution in [-0.4, -0.2) is 643 Å². The minimum absolute atomic E-state index is 0.848. The fourth-order valence-corrected chi connectivity index (χ4v) is 17.8. The molecular weight excluding hydrogens is 1920 g/mol. The van der Waals surface area contributed by atoms with Gasteiger partial charge in [-0.05, 0) is 0 Å². The van der Waals surface area contributed by atoms with Crippen molar-refractivity contribution >= 4 is 11.8 Å². The van der Waals surface area contributed by atoms with Gasteiger partial charge in [-0.2, -0.15) is 0 Å². The number of hydrogen-bond donors (Lipinski definition) is 38. The van der Waals surface area contributed by atoms with Crippen molar-refractivity contribution in [1.82, 2.24) is 10.6 Å². The normalized spacial score (nSPS) is 51.9.